The quantitative estimate of drug-likeness (QED) is 0.545. The van der Waals surface area contributed by atoms with Crippen LogP contribution in [0.5, 0.6) is 0 Å². The monoisotopic (exact) mass is 379 g/mol. The van der Waals surface area contributed by atoms with Crippen molar-refractivity contribution in [2.45, 2.75) is 64.0 Å². The predicted octanol–water partition coefficient (Wildman–Crippen LogP) is 1.92. The Kier molecular flexibility index (Phi) is 8.68. The van der Waals surface area contributed by atoms with Gasteiger partial charge in [0.1, 0.15) is 0 Å². The van der Waals surface area contributed by atoms with Crippen molar-refractivity contribution in [2.75, 3.05) is 59.5 Å². The number of rotatable bonds is 6. The van der Waals surface area contributed by atoms with Crippen LogP contribution in [0.15, 0.2) is 4.99 Å². The number of guanidine groups is 1. The lowest BCUT2D eigenvalue weighted by molar-refractivity contribution is 0.0320. The highest BCUT2D eigenvalue weighted by atomic mass is 16.5. The summed E-state index contributed by atoms with van der Waals surface area (Å²) >= 11 is 0. The second-order valence-corrected chi connectivity index (χ2v) is 8.72. The highest BCUT2D eigenvalue weighted by Crippen LogP contribution is 2.25. The molecule has 1 unspecified atom stereocenters. The largest absolute Gasteiger partial charge is 0.379 e. The number of aliphatic imine (C=N–C) groups is 1. The number of hydrogen-bond acceptors (Lipinski definition) is 4. The van der Waals surface area contributed by atoms with Crippen molar-refractivity contribution in [3.8, 4) is 0 Å². The third kappa shape index (κ3) is 6.91. The SMILES string of the molecule is CN=C(NCC(C)CN1CCOCC1)NC1CCN(C2CCCCC2)CC1. The van der Waals surface area contributed by atoms with Crippen LogP contribution in [0.3, 0.4) is 0 Å². The average molecular weight is 380 g/mol. The molecule has 3 rings (SSSR count). The van der Waals surface area contributed by atoms with Gasteiger partial charge in [-0.3, -0.25) is 9.89 Å². The maximum Gasteiger partial charge on any atom is 0.191 e. The van der Waals surface area contributed by atoms with Gasteiger partial charge in [-0.15, -0.1) is 0 Å². The van der Waals surface area contributed by atoms with Gasteiger partial charge in [0.25, 0.3) is 0 Å². The maximum absolute atomic E-state index is 5.44. The highest BCUT2D eigenvalue weighted by Gasteiger charge is 2.26. The zero-order chi connectivity index (χ0) is 18.9. The van der Waals surface area contributed by atoms with Crippen molar-refractivity contribution in [2.24, 2.45) is 10.9 Å². The van der Waals surface area contributed by atoms with Gasteiger partial charge in [0, 0.05) is 58.4 Å². The molecule has 2 heterocycles. The van der Waals surface area contributed by atoms with E-state index in [2.05, 4.69) is 32.3 Å². The molecular formula is C21H41N5O. The standard InChI is InChI=1S/C21H41N5O/c1-18(17-25-12-14-27-15-13-25)16-23-21(22-2)24-19-8-10-26(11-9-19)20-6-4-3-5-7-20/h18-20H,3-17H2,1-2H3,(H2,22,23,24). The molecule has 3 fully saturated rings. The molecule has 6 heteroatoms. The Morgan fingerprint density at radius 2 is 1.74 bits per heavy atom. The lowest BCUT2D eigenvalue weighted by Crippen LogP contribution is -2.51. The van der Waals surface area contributed by atoms with Crippen LogP contribution in [0, 0.1) is 5.92 Å². The van der Waals surface area contributed by atoms with E-state index in [9.17, 15) is 0 Å². The first-order valence-corrected chi connectivity index (χ1v) is 11.3. The Morgan fingerprint density at radius 1 is 1.04 bits per heavy atom. The number of hydrogen-bond donors (Lipinski definition) is 2. The molecule has 1 atom stereocenters. The predicted molar refractivity (Wildman–Crippen MR) is 112 cm³/mol. The Hall–Kier alpha value is -0.850. The Balaban J connectivity index is 1.32. The van der Waals surface area contributed by atoms with E-state index in [4.69, 9.17) is 4.74 Å². The van der Waals surface area contributed by atoms with Crippen LogP contribution in [0.2, 0.25) is 0 Å². The fourth-order valence-corrected chi connectivity index (χ4v) is 4.80. The van der Waals surface area contributed by atoms with Gasteiger partial charge < -0.3 is 20.3 Å². The summed E-state index contributed by atoms with van der Waals surface area (Å²) in [5.41, 5.74) is 0. The molecule has 0 aromatic heterocycles. The number of likely N-dealkylation sites (tertiary alicyclic amines) is 1. The minimum Gasteiger partial charge on any atom is -0.379 e. The molecule has 0 aromatic carbocycles. The molecule has 2 saturated heterocycles. The molecule has 0 amide bonds. The smallest absolute Gasteiger partial charge is 0.191 e. The molecule has 27 heavy (non-hydrogen) atoms. The highest BCUT2D eigenvalue weighted by molar-refractivity contribution is 5.79. The number of ether oxygens (including phenoxy) is 1. The second kappa shape index (κ2) is 11.2. The average Bonchev–Trinajstić information content (AvgIpc) is 2.73. The molecule has 156 valence electrons. The maximum atomic E-state index is 5.44. The minimum atomic E-state index is 0.561. The lowest BCUT2D eigenvalue weighted by atomic mass is 9.92. The summed E-state index contributed by atoms with van der Waals surface area (Å²) in [6.07, 6.45) is 9.62. The fourth-order valence-electron chi connectivity index (χ4n) is 4.80. The molecule has 3 aliphatic rings. The topological polar surface area (TPSA) is 52.1 Å². The molecule has 0 bridgehead atoms. The van der Waals surface area contributed by atoms with Crippen molar-refractivity contribution in [3.05, 3.63) is 0 Å². The molecule has 0 radical (unpaired) electrons. The third-order valence-corrected chi connectivity index (χ3v) is 6.48. The van der Waals surface area contributed by atoms with Crippen molar-refractivity contribution in [1.29, 1.82) is 0 Å². The summed E-state index contributed by atoms with van der Waals surface area (Å²) < 4.78 is 5.44. The van der Waals surface area contributed by atoms with Gasteiger partial charge in [-0.1, -0.05) is 26.2 Å². The zero-order valence-corrected chi connectivity index (χ0v) is 17.6. The number of piperidine rings is 1. The van der Waals surface area contributed by atoms with E-state index in [1.54, 1.807) is 0 Å². The van der Waals surface area contributed by atoms with E-state index in [0.29, 0.717) is 12.0 Å². The number of nitrogens with zero attached hydrogens (tertiary/aromatic N) is 3. The molecule has 1 saturated carbocycles. The normalized spacial score (nSPS) is 26.1. The van der Waals surface area contributed by atoms with Crippen LogP contribution < -0.4 is 10.6 Å². The van der Waals surface area contributed by atoms with Gasteiger partial charge in [0.2, 0.25) is 0 Å². The summed E-state index contributed by atoms with van der Waals surface area (Å²) in [7, 11) is 1.89. The lowest BCUT2D eigenvalue weighted by Gasteiger charge is -2.39. The molecule has 2 aliphatic heterocycles. The molecule has 2 N–H and O–H groups in total. The third-order valence-electron chi connectivity index (χ3n) is 6.48. The molecule has 0 aromatic rings. The summed E-state index contributed by atoms with van der Waals surface area (Å²) in [6, 6.07) is 1.42. The van der Waals surface area contributed by atoms with Crippen molar-refractivity contribution < 1.29 is 4.74 Å². The van der Waals surface area contributed by atoms with Crippen LogP contribution in [-0.4, -0.2) is 87.4 Å². The summed E-state index contributed by atoms with van der Waals surface area (Å²) in [6.45, 7) is 10.8. The van der Waals surface area contributed by atoms with E-state index < -0.39 is 0 Å². The molecular weight excluding hydrogens is 338 g/mol. The van der Waals surface area contributed by atoms with Gasteiger partial charge in [-0.05, 0) is 31.6 Å². The number of nitrogens with one attached hydrogen (secondary N) is 2. The fraction of sp³-hybridized carbons (Fsp3) is 0.952. The second-order valence-electron chi connectivity index (χ2n) is 8.72. The minimum absolute atomic E-state index is 0.561. The zero-order valence-electron chi connectivity index (χ0n) is 17.6. The first-order valence-electron chi connectivity index (χ1n) is 11.3. The van der Waals surface area contributed by atoms with Crippen molar-refractivity contribution in [1.82, 2.24) is 20.4 Å². The van der Waals surface area contributed by atoms with Crippen LogP contribution >= 0.6 is 0 Å². The van der Waals surface area contributed by atoms with E-state index in [1.807, 2.05) is 7.05 Å². The van der Waals surface area contributed by atoms with Crippen molar-refractivity contribution in [3.63, 3.8) is 0 Å². The van der Waals surface area contributed by atoms with Gasteiger partial charge in [0.15, 0.2) is 5.96 Å². The summed E-state index contributed by atoms with van der Waals surface area (Å²) in [5, 5.41) is 7.21. The van der Waals surface area contributed by atoms with Crippen molar-refractivity contribution >= 4 is 5.96 Å². The molecule has 1 aliphatic carbocycles. The van der Waals surface area contributed by atoms with Crippen LogP contribution in [-0.2, 0) is 4.74 Å². The summed E-state index contributed by atoms with van der Waals surface area (Å²) in [4.78, 5) is 9.71. The van der Waals surface area contributed by atoms with Gasteiger partial charge in [-0.25, -0.2) is 0 Å². The van der Waals surface area contributed by atoms with Crippen LogP contribution in [0.4, 0.5) is 0 Å². The van der Waals surface area contributed by atoms with Gasteiger partial charge in [0.05, 0.1) is 13.2 Å². The summed E-state index contributed by atoms with van der Waals surface area (Å²) in [5.74, 6) is 1.58. The first kappa shape index (κ1) is 20.9. The van der Waals surface area contributed by atoms with E-state index in [0.717, 1.165) is 51.4 Å². The Bertz CT molecular complexity index is 438. The van der Waals surface area contributed by atoms with E-state index >= 15 is 0 Å². The van der Waals surface area contributed by atoms with E-state index in [-0.39, 0.29) is 0 Å². The Morgan fingerprint density at radius 3 is 2.41 bits per heavy atom. The van der Waals surface area contributed by atoms with Gasteiger partial charge >= 0.3 is 0 Å². The van der Waals surface area contributed by atoms with E-state index in [1.165, 1.54) is 58.0 Å². The molecule has 0 spiro atoms. The molecule has 6 nitrogen and oxygen atoms in total. The Labute approximate surface area is 166 Å². The van der Waals surface area contributed by atoms with Crippen LogP contribution in [0.25, 0.3) is 0 Å². The first-order chi connectivity index (χ1) is 13.2. The number of morpholine rings is 1. The van der Waals surface area contributed by atoms with Crippen LogP contribution in [0.1, 0.15) is 51.9 Å². The van der Waals surface area contributed by atoms with Gasteiger partial charge in [-0.2, -0.15) is 0 Å².